The number of hydrogen-bond donors (Lipinski definition) is 1. The Labute approximate surface area is 170 Å². The number of benzene rings is 1. The Morgan fingerprint density at radius 2 is 2.03 bits per heavy atom. The van der Waals surface area contributed by atoms with E-state index < -0.39 is 0 Å². The zero-order chi connectivity index (χ0) is 20.8. The number of carbonyl (C=O) groups excluding carboxylic acids is 1. The molecule has 3 rings (SSSR count). The highest BCUT2D eigenvalue weighted by Crippen LogP contribution is 2.18. The number of carbonyl (C=O) groups is 1. The first-order valence-corrected chi connectivity index (χ1v) is 9.63. The van der Waals surface area contributed by atoms with Gasteiger partial charge in [0.05, 0.1) is 36.5 Å². The predicted molar refractivity (Wildman–Crippen MR) is 108 cm³/mol. The van der Waals surface area contributed by atoms with Crippen molar-refractivity contribution in [3.8, 4) is 11.8 Å². The Hall–Kier alpha value is -3.47. The quantitative estimate of drug-likeness (QED) is 0.636. The van der Waals surface area contributed by atoms with Gasteiger partial charge in [0, 0.05) is 12.1 Å². The number of hydrogen-bond acceptors (Lipinski definition) is 5. The standard InChI is InChI=1S/C21H25N7O/c1-15(18-5-7-19(8-6-18)28-14-23-13-24-28)25-21(29)10-9-20-16(2)26-27(17(20)3)12-4-11-22/h5-8,13-15H,4,9-10,12H2,1-3H3,(H,25,29). The Kier molecular flexibility index (Phi) is 6.39. The molecule has 3 aromatic rings. The van der Waals surface area contributed by atoms with Crippen LogP contribution in [0.1, 0.15) is 48.3 Å². The van der Waals surface area contributed by atoms with Crippen LogP contribution in [-0.2, 0) is 17.8 Å². The topological polar surface area (TPSA) is 101 Å². The molecule has 0 aliphatic rings. The van der Waals surface area contributed by atoms with E-state index in [1.54, 1.807) is 11.0 Å². The van der Waals surface area contributed by atoms with Gasteiger partial charge >= 0.3 is 0 Å². The lowest BCUT2D eigenvalue weighted by Gasteiger charge is -2.15. The van der Waals surface area contributed by atoms with Gasteiger partial charge in [0.15, 0.2) is 0 Å². The lowest BCUT2D eigenvalue weighted by molar-refractivity contribution is -0.121. The van der Waals surface area contributed by atoms with Crippen LogP contribution in [0.4, 0.5) is 0 Å². The molecule has 0 saturated heterocycles. The lowest BCUT2D eigenvalue weighted by Crippen LogP contribution is -2.26. The fraction of sp³-hybridized carbons (Fsp3) is 0.381. The van der Waals surface area contributed by atoms with Crippen molar-refractivity contribution in [2.45, 2.75) is 52.6 Å². The molecule has 2 aromatic heterocycles. The van der Waals surface area contributed by atoms with Crippen molar-refractivity contribution in [1.82, 2.24) is 29.9 Å². The number of aromatic nitrogens is 5. The summed E-state index contributed by atoms with van der Waals surface area (Å²) in [4.78, 5) is 16.4. The number of rotatable bonds is 8. The maximum absolute atomic E-state index is 12.5. The monoisotopic (exact) mass is 391 g/mol. The molecule has 0 radical (unpaired) electrons. The van der Waals surface area contributed by atoms with Crippen LogP contribution in [0.2, 0.25) is 0 Å². The van der Waals surface area contributed by atoms with Crippen molar-refractivity contribution in [3.63, 3.8) is 0 Å². The average Bonchev–Trinajstić information content (AvgIpc) is 3.34. The summed E-state index contributed by atoms with van der Waals surface area (Å²) < 4.78 is 3.54. The van der Waals surface area contributed by atoms with E-state index >= 15 is 0 Å². The summed E-state index contributed by atoms with van der Waals surface area (Å²) in [6.45, 7) is 6.49. The Morgan fingerprint density at radius 1 is 1.28 bits per heavy atom. The third-order valence-corrected chi connectivity index (χ3v) is 5.02. The van der Waals surface area contributed by atoms with Crippen molar-refractivity contribution in [2.75, 3.05) is 0 Å². The third kappa shape index (κ3) is 4.88. The number of nitrogens with one attached hydrogen (secondary N) is 1. The third-order valence-electron chi connectivity index (χ3n) is 5.02. The molecule has 0 aliphatic heterocycles. The number of amides is 1. The maximum Gasteiger partial charge on any atom is 0.220 e. The summed E-state index contributed by atoms with van der Waals surface area (Å²) in [5, 5.41) is 20.4. The molecule has 150 valence electrons. The fourth-order valence-electron chi connectivity index (χ4n) is 3.36. The van der Waals surface area contributed by atoms with E-state index in [2.05, 4.69) is 26.6 Å². The van der Waals surface area contributed by atoms with E-state index in [0.717, 1.165) is 28.2 Å². The van der Waals surface area contributed by atoms with Crippen LogP contribution in [0.3, 0.4) is 0 Å². The van der Waals surface area contributed by atoms with Crippen molar-refractivity contribution in [1.29, 1.82) is 5.26 Å². The van der Waals surface area contributed by atoms with E-state index in [1.165, 1.54) is 6.33 Å². The molecule has 1 N–H and O–H groups in total. The Bertz CT molecular complexity index is 997. The molecule has 1 aromatic carbocycles. The second-order valence-electron chi connectivity index (χ2n) is 7.00. The van der Waals surface area contributed by atoms with Gasteiger partial charge in [-0.15, -0.1) is 0 Å². The van der Waals surface area contributed by atoms with Gasteiger partial charge in [-0.25, -0.2) is 9.67 Å². The molecule has 0 bridgehead atoms. The van der Waals surface area contributed by atoms with Crippen molar-refractivity contribution >= 4 is 5.91 Å². The second kappa shape index (κ2) is 9.15. The Balaban J connectivity index is 1.55. The van der Waals surface area contributed by atoms with Crippen LogP contribution in [0.5, 0.6) is 0 Å². The highest BCUT2D eigenvalue weighted by Gasteiger charge is 2.15. The molecule has 1 amide bonds. The smallest absolute Gasteiger partial charge is 0.220 e. The summed E-state index contributed by atoms with van der Waals surface area (Å²) in [5.41, 5.74) is 4.98. The molecule has 0 fully saturated rings. The van der Waals surface area contributed by atoms with Crippen molar-refractivity contribution in [2.24, 2.45) is 0 Å². The summed E-state index contributed by atoms with van der Waals surface area (Å²) in [6.07, 6.45) is 4.59. The molecule has 29 heavy (non-hydrogen) atoms. The van der Waals surface area contributed by atoms with E-state index in [4.69, 9.17) is 5.26 Å². The van der Waals surface area contributed by atoms with Gasteiger partial charge in [-0.2, -0.15) is 15.5 Å². The zero-order valence-electron chi connectivity index (χ0n) is 17.0. The summed E-state index contributed by atoms with van der Waals surface area (Å²) in [5.74, 6) is 0.00132. The van der Waals surface area contributed by atoms with Crippen LogP contribution in [0.15, 0.2) is 36.9 Å². The highest BCUT2D eigenvalue weighted by atomic mass is 16.1. The van der Waals surface area contributed by atoms with Crippen LogP contribution >= 0.6 is 0 Å². The predicted octanol–water partition coefficient (Wildman–Crippen LogP) is 2.80. The van der Waals surface area contributed by atoms with Gasteiger partial charge in [-0.1, -0.05) is 12.1 Å². The molecule has 0 aliphatic carbocycles. The normalized spacial score (nSPS) is 11.8. The van der Waals surface area contributed by atoms with E-state index in [0.29, 0.717) is 25.8 Å². The summed E-state index contributed by atoms with van der Waals surface area (Å²) in [6, 6.07) is 9.92. The molecule has 8 heteroatoms. The van der Waals surface area contributed by atoms with E-state index in [-0.39, 0.29) is 11.9 Å². The first kappa shape index (κ1) is 20.3. The number of nitriles is 1. The van der Waals surface area contributed by atoms with Crippen LogP contribution < -0.4 is 5.32 Å². The second-order valence-corrected chi connectivity index (χ2v) is 7.00. The average molecular weight is 391 g/mol. The van der Waals surface area contributed by atoms with Crippen molar-refractivity contribution < 1.29 is 4.79 Å². The zero-order valence-corrected chi connectivity index (χ0v) is 17.0. The maximum atomic E-state index is 12.5. The van der Waals surface area contributed by atoms with Crippen molar-refractivity contribution in [3.05, 3.63) is 59.4 Å². The summed E-state index contributed by atoms with van der Waals surface area (Å²) >= 11 is 0. The SMILES string of the molecule is Cc1nn(CCC#N)c(C)c1CCC(=O)NC(C)c1ccc(-n2cncn2)cc1. The minimum absolute atomic E-state index is 0.00132. The molecular weight excluding hydrogens is 366 g/mol. The van der Waals surface area contributed by atoms with Crippen LogP contribution in [0.25, 0.3) is 5.69 Å². The largest absolute Gasteiger partial charge is 0.350 e. The molecule has 0 spiro atoms. The highest BCUT2D eigenvalue weighted by molar-refractivity contribution is 5.76. The Morgan fingerprint density at radius 3 is 2.69 bits per heavy atom. The molecular formula is C21H25N7O. The molecule has 0 saturated carbocycles. The minimum atomic E-state index is -0.0900. The number of aryl methyl sites for hydroxylation is 2. The van der Waals surface area contributed by atoms with Gasteiger partial charge < -0.3 is 5.32 Å². The number of nitrogens with zero attached hydrogens (tertiary/aromatic N) is 6. The fourth-order valence-corrected chi connectivity index (χ4v) is 3.36. The van der Waals surface area contributed by atoms with E-state index in [9.17, 15) is 4.79 Å². The van der Waals surface area contributed by atoms with Gasteiger partial charge in [-0.3, -0.25) is 9.48 Å². The van der Waals surface area contributed by atoms with Crippen LogP contribution in [0, 0.1) is 25.2 Å². The minimum Gasteiger partial charge on any atom is -0.350 e. The van der Waals surface area contributed by atoms with Crippen LogP contribution in [-0.4, -0.2) is 30.5 Å². The molecule has 8 nitrogen and oxygen atoms in total. The molecule has 1 atom stereocenters. The van der Waals surface area contributed by atoms with E-state index in [1.807, 2.05) is 49.7 Å². The van der Waals surface area contributed by atoms with Gasteiger partial charge in [-0.05, 0) is 50.5 Å². The molecule has 1 unspecified atom stereocenters. The van der Waals surface area contributed by atoms with Gasteiger partial charge in [0.2, 0.25) is 5.91 Å². The molecule has 2 heterocycles. The first-order valence-electron chi connectivity index (χ1n) is 9.63. The summed E-state index contributed by atoms with van der Waals surface area (Å²) in [7, 11) is 0. The van der Waals surface area contributed by atoms with Gasteiger partial charge in [0.1, 0.15) is 12.7 Å². The first-order chi connectivity index (χ1) is 14.0. The van der Waals surface area contributed by atoms with Gasteiger partial charge in [0.25, 0.3) is 0 Å². The lowest BCUT2D eigenvalue weighted by atomic mass is 10.1.